The maximum absolute atomic E-state index is 12.9. The molecule has 1 aliphatic heterocycles. The minimum atomic E-state index is -5.17. The summed E-state index contributed by atoms with van der Waals surface area (Å²) in [7, 11) is -5.91. The number of benzene rings is 1. The SMILES string of the molecule is CC1(C)OB(c2cc(OS(=O)(=O)F)c3occc3c2)OC1(C)C. The molecule has 3 rings (SSSR count). The first kappa shape index (κ1) is 16.3. The zero-order valence-corrected chi connectivity index (χ0v) is 13.9. The fourth-order valence-corrected chi connectivity index (χ4v) is 2.69. The van der Waals surface area contributed by atoms with Crippen molar-refractivity contribution in [2.75, 3.05) is 0 Å². The van der Waals surface area contributed by atoms with Crippen LogP contribution in [0.4, 0.5) is 3.89 Å². The van der Waals surface area contributed by atoms with Crippen molar-refractivity contribution in [1.29, 1.82) is 0 Å². The molecule has 0 bridgehead atoms. The number of rotatable bonds is 3. The van der Waals surface area contributed by atoms with Crippen LogP contribution in [-0.2, 0) is 19.8 Å². The Balaban J connectivity index is 2.06. The van der Waals surface area contributed by atoms with Crippen LogP contribution < -0.4 is 9.65 Å². The second kappa shape index (κ2) is 4.96. The molecule has 2 aromatic rings. The topological polar surface area (TPSA) is 75.0 Å². The molecule has 0 radical (unpaired) electrons. The third-order valence-corrected chi connectivity index (χ3v) is 4.63. The molecule has 0 aliphatic carbocycles. The number of furan rings is 1. The van der Waals surface area contributed by atoms with Crippen LogP contribution in [0.15, 0.2) is 28.9 Å². The number of halogens is 1. The Morgan fingerprint density at radius 2 is 1.74 bits per heavy atom. The molecule has 1 aromatic heterocycles. The highest BCUT2D eigenvalue weighted by Gasteiger charge is 2.51. The number of fused-ring (bicyclic) bond motifs is 1. The van der Waals surface area contributed by atoms with E-state index in [1.807, 2.05) is 27.7 Å². The Labute approximate surface area is 134 Å². The second-order valence-corrected chi connectivity index (χ2v) is 7.38. The summed E-state index contributed by atoms with van der Waals surface area (Å²) in [6, 6.07) is 4.67. The largest absolute Gasteiger partial charge is 0.494 e. The molecule has 0 unspecified atom stereocenters. The van der Waals surface area contributed by atoms with Gasteiger partial charge in [0.2, 0.25) is 0 Å². The van der Waals surface area contributed by atoms with Gasteiger partial charge in [-0.05, 0) is 45.3 Å². The Kier molecular flexibility index (Phi) is 3.51. The zero-order valence-electron chi connectivity index (χ0n) is 13.1. The third-order valence-electron chi connectivity index (χ3n) is 4.25. The van der Waals surface area contributed by atoms with Crippen LogP contribution in [0.5, 0.6) is 5.75 Å². The van der Waals surface area contributed by atoms with Gasteiger partial charge in [-0.3, -0.25) is 0 Å². The lowest BCUT2D eigenvalue weighted by atomic mass is 9.78. The quantitative estimate of drug-likeness (QED) is 0.630. The Morgan fingerprint density at radius 1 is 1.13 bits per heavy atom. The molecular weight excluding hydrogens is 326 g/mol. The van der Waals surface area contributed by atoms with Crippen molar-refractivity contribution in [2.45, 2.75) is 38.9 Å². The molecule has 2 heterocycles. The molecule has 1 aliphatic rings. The van der Waals surface area contributed by atoms with Crippen LogP contribution in [0.3, 0.4) is 0 Å². The molecule has 1 aromatic carbocycles. The first-order valence-electron chi connectivity index (χ1n) is 6.99. The molecular formula is C14H16BFO6S. The first-order chi connectivity index (χ1) is 10.5. The molecule has 1 saturated heterocycles. The second-order valence-electron chi connectivity index (χ2n) is 6.42. The van der Waals surface area contributed by atoms with Crippen molar-refractivity contribution in [3.8, 4) is 5.75 Å². The van der Waals surface area contributed by atoms with E-state index in [4.69, 9.17) is 13.7 Å². The van der Waals surface area contributed by atoms with Gasteiger partial charge in [0.05, 0.1) is 17.5 Å². The number of hydrogen-bond acceptors (Lipinski definition) is 6. The van der Waals surface area contributed by atoms with E-state index >= 15 is 0 Å². The van der Waals surface area contributed by atoms with Crippen molar-refractivity contribution in [3.63, 3.8) is 0 Å². The van der Waals surface area contributed by atoms with E-state index in [2.05, 4.69) is 4.18 Å². The van der Waals surface area contributed by atoms with Crippen molar-refractivity contribution in [3.05, 3.63) is 24.5 Å². The molecule has 0 amide bonds. The molecule has 0 atom stereocenters. The van der Waals surface area contributed by atoms with Gasteiger partial charge in [-0.15, -0.1) is 0 Å². The normalized spacial score (nSPS) is 20.1. The van der Waals surface area contributed by atoms with Crippen molar-refractivity contribution < 1.29 is 30.2 Å². The van der Waals surface area contributed by atoms with Crippen LogP contribution in [0.1, 0.15) is 27.7 Å². The summed E-state index contributed by atoms with van der Waals surface area (Å²) < 4.78 is 55.9. The summed E-state index contributed by atoms with van der Waals surface area (Å²) in [5, 5.41) is 0.552. The van der Waals surface area contributed by atoms with E-state index in [-0.39, 0.29) is 11.3 Å². The highest BCUT2D eigenvalue weighted by molar-refractivity contribution is 7.81. The van der Waals surface area contributed by atoms with Crippen molar-refractivity contribution in [2.24, 2.45) is 0 Å². The van der Waals surface area contributed by atoms with Crippen LogP contribution in [0, 0.1) is 0 Å². The van der Waals surface area contributed by atoms with Gasteiger partial charge in [0.25, 0.3) is 0 Å². The molecule has 1 fully saturated rings. The van der Waals surface area contributed by atoms with E-state index in [0.29, 0.717) is 10.8 Å². The van der Waals surface area contributed by atoms with Crippen LogP contribution in [-0.4, -0.2) is 26.7 Å². The molecule has 0 saturated carbocycles. The monoisotopic (exact) mass is 342 g/mol. The molecule has 23 heavy (non-hydrogen) atoms. The van der Waals surface area contributed by atoms with Gasteiger partial charge in [-0.1, -0.05) is 9.95 Å². The van der Waals surface area contributed by atoms with Gasteiger partial charge >= 0.3 is 17.6 Å². The first-order valence-corrected chi connectivity index (χ1v) is 8.30. The molecule has 6 nitrogen and oxygen atoms in total. The van der Waals surface area contributed by atoms with Gasteiger partial charge in [-0.2, -0.15) is 8.42 Å². The fraction of sp³-hybridized carbons (Fsp3) is 0.429. The van der Waals surface area contributed by atoms with Gasteiger partial charge in [0.1, 0.15) is 0 Å². The van der Waals surface area contributed by atoms with Gasteiger partial charge in [0, 0.05) is 5.39 Å². The number of hydrogen-bond donors (Lipinski definition) is 0. The van der Waals surface area contributed by atoms with Gasteiger partial charge in [0.15, 0.2) is 11.3 Å². The lowest BCUT2D eigenvalue weighted by Gasteiger charge is -2.32. The Morgan fingerprint density at radius 3 is 2.30 bits per heavy atom. The van der Waals surface area contributed by atoms with E-state index in [1.54, 1.807) is 12.1 Å². The van der Waals surface area contributed by atoms with E-state index in [0.717, 1.165) is 0 Å². The fourth-order valence-electron chi connectivity index (χ4n) is 2.36. The summed E-state index contributed by atoms with van der Waals surface area (Å²) >= 11 is 0. The summed E-state index contributed by atoms with van der Waals surface area (Å²) in [5.41, 5.74) is -0.477. The predicted octanol–water partition coefficient (Wildman–Crippen LogP) is 2.33. The third kappa shape index (κ3) is 2.96. The van der Waals surface area contributed by atoms with Crippen LogP contribution in [0.25, 0.3) is 11.0 Å². The van der Waals surface area contributed by atoms with Crippen molar-refractivity contribution in [1.82, 2.24) is 0 Å². The summed E-state index contributed by atoms with van der Waals surface area (Å²) in [6.07, 6.45) is 1.36. The minimum Gasteiger partial charge on any atom is -0.460 e. The van der Waals surface area contributed by atoms with Crippen molar-refractivity contribution >= 4 is 34.1 Å². The summed E-state index contributed by atoms with van der Waals surface area (Å²) in [6.45, 7) is 7.58. The molecule has 0 spiro atoms. The standard InChI is InChI=1S/C14H16BFO6S/c1-13(2)14(3,4)22-15(21-13)10-7-9-5-6-19-12(9)11(8-10)20-23(16,17)18/h5-8H,1-4H3. The van der Waals surface area contributed by atoms with Gasteiger partial charge in [-0.25, -0.2) is 0 Å². The Hall–Kier alpha value is -1.58. The Bertz CT molecular complexity index is 841. The summed E-state index contributed by atoms with van der Waals surface area (Å²) in [5.74, 6) is -0.250. The molecule has 0 N–H and O–H groups in total. The van der Waals surface area contributed by atoms with Crippen LogP contribution in [0.2, 0.25) is 0 Å². The average Bonchev–Trinajstić information content (AvgIpc) is 2.90. The van der Waals surface area contributed by atoms with E-state index < -0.39 is 28.8 Å². The smallest absolute Gasteiger partial charge is 0.460 e. The highest BCUT2D eigenvalue weighted by Crippen LogP contribution is 2.37. The average molecular weight is 342 g/mol. The van der Waals surface area contributed by atoms with Crippen LogP contribution >= 0.6 is 0 Å². The summed E-state index contributed by atoms with van der Waals surface area (Å²) in [4.78, 5) is 0. The molecule has 124 valence electrons. The zero-order chi connectivity index (χ0) is 17.0. The minimum absolute atomic E-state index is 0.131. The maximum atomic E-state index is 12.9. The lowest BCUT2D eigenvalue weighted by Crippen LogP contribution is -2.41. The maximum Gasteiger partial charge on any atom is 0.494 e. The van der Waals surface area contributed by atoms with E-state index in [1.165, 1.54) is 12.3 Å². The molecule has 9 heteroatoms. The predicted molar refractivity (Wildman–Crippen MR) is 82.6 cm³/mol. The lowest BCUT2D eigenvalue weighted by molar-refractivity contribution is 0.00578. The highest BCUT2D eigenvalue weighted by atomic mass is 32.3. The van der Waals surface area contributed by atoms with E-state index in [9.17, 15) is 12.3 Å². The van der Waals surface area contributed by atoms with Gasteiger partial charge < -0.3 is 17.9 Å².